The van der Waals surface area contributed by atoms with Gasteiger partial charge in [0, 0.05) is 17.0 Å². The summed E-state index contributed by atoms with van der Waals surface area (Å²) in [4.78, 5) is 0. The number of hydrogen-bond acceptors (Lipinski definition) is 0. The van der Waals surface area contributed by atoms with Gasteiger partial charge in [0.25, 0.3) is 0 Å². The van der Waals surface area contributed by atoms with Crippen LogP contribution in [0.5, 0.6) is 0 Å². The predicted octanol–water partition coefficient (Wildman–Crippen LogP) is 11.7. The van der Waals surface area contributed by atoms with Crippen LogP contribution in [0.3, 0.4) is 0 Å². The molecule has 0 radical (unpaired) electrons. The Hall–Kier alpha value is -2.97. The molecule has 0 saturated heterocycles. The fourth-order valence-corrected chi connectivity index (χ4v) is 5.90. The van der Waals surface area contributed by atoms with Crippen LogP contribution in [0.4, 0.5) is 8.78 Å². The van der Waals surface area contributed by atoms with Crippen molar-refractivity contribution in [2.45, 2.75) is 58.8 Å². The molecule has 0 amide bonds. The van der Waals surface area contributed by atoms with Crippen molar-refractivity contribution in [1.29, 1.82) is 0 Å². The molecule has 0 spiro atoms. The molecule has 4 aromatic rings. The third-order valence-corrected chi connectivity index (χ3v) is 8.28. The van der Waals surface area contributed by atoms with E-state index in [0.29, 0.717) is 5.92 Å². The van der Waals surface area contributed by atoms with Crippen molar-refractivity contribution in [2.24, 2.45) is 5.92 Å². The Morgan fingerprint density at radius 1 is 0.792 bits per heavy atom. The molecule has 0 fully saturated rings. The van der Waals surface area contributed by atoms with Crippen LogP contribution in [0.2, 0.25) is 0 Å². The van der Waals surface area contributed by atoms with Gasteiger partial charge in [0.15, 0.2) is 0 Å². The van der Waals surface area contributed by atoms with Crippen molar-refractivity contribution < 1.29 is 33.0 Å². The first-order valence-electron chi connectivity index (χ1n) is 15.4. The standard InChI is InChI=1S/C23H21.C7H9.2C6H4F.CH2.2ClH.Zr/c1-22(2)7-5-14-10-18-16(12-20(14)22)9-17-13-21-15(11-19(17)18)6-8-23(21,3)4;1-6-3-4-7(2)5-6;2*7-6-4-2-1-3-5-6;;;;/h5-7,10-13H,9H2,1-4H3;3,5,7H,1-2H3;2*1-2,4-5H;1H2;2*1H;/q4*-1;;;;. The van der Waals surface area contributed by atoms with Crippen LogP contribution >= 0.6 is 24.8 Å². The van der Waals surface area contributed by atoms with Crippen LogP contribution in [-0.2, 0) is 41.5 Å². The molecule has 0 N–H and O–H groups in total. The van der Waals surface area contributed by atoms with Crippen molar-refractivity contribution in [2.75, 3.05) is 0 Å². The van der Waals surface area contributed by atoms with E-state index in [4.69, 9.17) is 0 Å². The SMILES string of the molecule is CC1(C)[C-]=Cc2cc3c(cc21)Cc1cc2c(cc1-3)C=CC2(C)C.CC1=CC(C)[C-]=C1.Cl.Cl.Fc1c[c-]ccc1.Fc1c[c-]ccc1.[CH2]=[Zr]. The zero-order valence-electron chi connectivity index (χ0n) is 28.4. The Balaban J connectivity index is 0.000000264. The summed E-state index contributed by atoms with van der Waals surface area (Å²) in [5.41, 5.74) is 13.0. The second kappa shape index (κ2) is 18.1. The van der Waals surface area contributed by atoms with Gasteiger partial charge in [-0.2, -0.15) is 48.0 Å². The van der Waals surface area contributed by atoms with E-state index in [9.17, 15) is 8.78 Å². The summed E-state index contributed by atoms with van der Waals surface area (Å²) in [6, 6.07) is 26.7. The normalized spacial score (nSPS) is 16.5. The quantitative estimate of drug-likeness (QED) is 0.138. The molecule has 0 saturated carbocycles. The van der Waals surface area contributed by atoms with Gasteiger partial charge in [-0.1, -0.05) is 70.2 Å². The number of rotatable bonds is 0. The number of hydrogen-bond donors (Lipinski definition) is 0. The number of halogens is 4. The zero-order valence-corrected chi connectivity index (χ0v) is 32.5. The van der Waals surface area contributed by atoms with Crippen molar-refractivity contribution in [3.63, 3.8) is 0 Å². The van der Waals surface area contributed by atoms with Gasteiger partial charge < -0.3 is 0 Å². The van der Waals surface area contributed by atoms with E-state index in [2.05, 4.69) is 119 Å². The monoisotopic (exact) mass is 756 g/mol. The average Bonchev–Trinajstić information content (AvgIpc) is 3.77. The van der Waals surface area contributed by atoms with E-state index in [0.717, 1.165) is 6.42 Å². The van der Waals surface area contributed by atoms with Crippen LogP contribution in [0.1, 0.15) is 74.9 Å². The van der Waals surface area contributed by atoms with Crippen LogP contribution in [0.25, 0.3) is 23.3 Å². The van der Waals surface area contributed by atoms with Crippen molar-refractivity contribution in [1.82, 2.24) is 0 Å². The summed E-state index contributed by atoms with van der Waals surface area (Å²) in [5.74, 6) is 0.0880. The molecule has 0 aromatic heterocycles. The summed E-state index contributed by atoms with van der Waals surface area (Å²) >= 11 is 1.30. The minimum atomic E-state index is -0.234. The number of allylic oxidation sites excluding steroid dienone is 6. The fourth-order valence-electron chi connectivity index (χ4n) is 5.90. The van der Waals surface area contributed by atoms with Crippen molar-refractivity contribution in [3.05, 3.63) is 166 Å². The average molecular weight is 759 g/mol. The third-order valence-electron chi connectivity index (χ3n) is 8.28. The fraction of sp³-hybridized carbons (Fsp3) is 0.233. The maximum absolute atomic E-state index is 11.9. The van der Waals surface area contributed by atoms with Gasteiger partial charge in [-0.05, 0) is 45.9 Å². The summed E-state index contributed by atoms with van der Waals surface area (Å²) < 4.78 is 27.1. The Bertz CT molecular complexity index is 1670. The Morgan fingerprint density at radius 2 is 1.33 bits per heavy atom. The summed E-state index contributed by atoms with van der Waals surface area (Å²) in [6.07, 6.45) is 18.7. The molecule has 0 nitrogen and oxygen atoms in total. The maximum atomic E-state index is 11.9. The first-order chi connectivity index (χ1) is 21.9. The van der Waals surface area contributed by atoms with Gasteiger partial charge in [0.1, 0.15) is 0 Å². The Labute approximate surface area is 313 Å². The molecule has 48 heavy (non-hydrogen) atoms. The van der Waals surface area contributed by atoms with Crippen molar-refractivity contribution in [3.8, 4) is 11.1 Å². The number of fused-ring (bicyclic) bond motifs is 5. The minimum absolute atomic E-state index is 0. The molecular formula is C43H42Cl2F2Zr-4. The molecule has 4 aromatic carbocycles. The molecule has 0 aliphatic heterocycles. The summed E-state index contributed by atoms with van der Waals surface area (Å²) in [6.45, 7) is 13.4. The number of benzene rings is 4. The molecule has 4 aliphatic carbocycles. The molecule has 0 heterocycles. The van der Waals surface area contributed by atoms with Gasteiger partial charge in [-0.15, -0.1) is 67.6 Å². The topological polar surface area (TPSA) is 0 Å². The first kappa shape index (κ1) is 41.2. The van der Waals surface area contributed by atoms with Gasteiger partial charge >= 0.3 is 28.4 Å². The van der Waals surface area contributed by atoms with E-state index < -0.39 is 0 Å². The molecule has 5 heteroatoms. The van der Waals surface area contributed by atoms with E-state index in [1.54, 1.807) is 24.3 Å². The van der Waals surface area contributed by atoms with Gasteiger partial charge in [0.05, 0.1) is 0 Å². The molecule has 250 valence electrons. The van der Waals surface area contributed by atoms with Crippen LogP contribution in [-0.4, -0.2) is 4.21 Å². The Kier molecular flexibility index (Phi) is 15.6. The van der Waals surface area contributed by atoms with Gasteiger partial charge in [-0.3, -0.25) is 20.9 Å². The first-order valence-corrected chi connectivity index (χ1v) is 17.2. The van der Waals surface area contributed by atoms with Gasteiger partial charge in [0.2, 0.25) is 0 Å². The van der Waals surface area contributed by atoms with Crippen LogP contribution in [0, 0.1) is 41.8 Å². The summed E-state index contributed by atoms with van der Waals surface area (Å²) in [5, 5.41) is 0. The molecule has 1 atom stereocenters. The van der Waals surface area contributed by atoms with Gasteiger partial charge in [-0.25, -0.2) is 17.7 Å². The molecule has 8 rings (SSSR count). The molecular weight excluding hydrogens is 717 g/mol. The van der Waals surface area contributed by atoms with Crippen molar-refractivity contribution >= 4 is 41.2 Å². The van der Waals surface area contributed by atoms with E-state index >= 15 is 0 Å². The second-order valence-corrected chi connectivity index (χ2v) is 12.8. The second-order valence-electron chi connectivity index (χ2n) is 12.8. The van der Waals surface area contributed by atoms with E-state index in [1.807, 2.05) is 6.08 Å². The predicted molar refractivity (Wildman–Crippen MR) is 200 cm³/mol. The van der Waals surface area contributed by atoms with Crippen LogP contribution < -0.4 is 0 Å². The summed E-state index contributed by atoms with van der Waals surface area (Å²) in [7, 11) is 0. The van der Waals surface area contributed by atoms with E-state index in [1.165, 1.54) is 98.6 Å². The third kappa shape index (κ3) is 10.3. The zero-order chi connectivity index (χ0) is 33.5. The molecule has 4 aliphatic rings. The van der Waals surface area contributed by atoms with Crippen LogP contribution in [0.15, 0.2) is 96.6 Å². The molecule has 1 unspecified atom stereocenters. The Morgan fingerprint density at radius 3 is 1.75 bits per heavy atom. The van der Waals surface area contributed by atoms with E-state index in [-0.39, 0.29) is 47.3 Å². The molecule has 0 bridgehead atoms.